The topological polar surface area (TPSA) is 56.5 Å². The van der Waals surface area contributed by atoms with Crippen LogP contribution in [0.2, 0.25) is 0 Å². The number of fused-ring (bicyclic) bond motifs is 1. The maximum absolute atomic E-state index is 4.47. The highest BCUT2D eigenvalue weighted by molar-refractivity contribution is 7.99. The number of thioether (sulfide) groups is 1. The largest absolute Gasteiger partial charge is 0.297 e. The number of aryl methyl sites for hydroxylation is 1. The Morgan fingerprint density at radius 1 is 1.19 bits per heavy atom. The maximum Gasteiger partial charge on any atom is 0.192 e. The number of hydrogen-bond acceptors (Lipinski definition) is 5. The van der Waals surface area contributed by atoms with E-state index in [4.69, 9.17) is 0 Å². The van der Waals surface area contributed by atoms with Crippen molar-refractivity contribution in [3.63, 3.8) is 0 Å². The molecule has 4 rings (SSSR count). The molecule has 0 unspecified atom stereocenters. The second-order valence-electron chi connectivity index (χ2n) is 6.35. The van der Waals surface area contributed by atoms with Crippen LogP contribution in [0.4, 0.5) is 0 Å². The summed E-state index contributed by atoms with van der Waals surface area (Å²) in [6, 6.07) is 8.79. The molecule has 0 fully saturated rings. The Morgan fingerprint density at radius 3 is 2.96 bits per heavy atom. The molecule has 6 heteroatoms. The predicted octanol–water partition coefficient (Wildman–Crippen LogP) is 4.48. The third-order valence-corrected chi connectivity index (χ3v) is 5.92. The van der Waals surface area contributed by atoms with Crippen molar-refractivity contribution >= 4 is 11.8 Å². The second-order valence-corrected chi connectivity index (χ2v) is 7.52. The van der Waals surface area contributed by atoms with Gasteiger partial charge in [0, 0.05) is 24.2 Å². The minimum absolute atomic E-state index is 0.399. The summed E-state index contributed by atoms with van der Waals surface area (Å²) in [7, 11) is 0. The molecule has 1 aliphatic rings. The van der Waals surface area contributed by atoms with Crippen molar-refractivity contribution in [2.75, 3.05) is 0 Å². The van der Waals surface area contributed by atoms with E-state index in [-0.39, 0.29) is 0 Å². The van der Waals surface area contributed by atoms with Crippen LogP contribution in [-0.2, 0) is 13.0 Å². The molecule has 0 N–H and O–H groups in total. The molecule has 1 aromatic carbocycles. The molecular formula is C20H21N5S. The standard InChI is InChI=1S/C20H21N5S/c1-2-13-25-19(17-14-21-11-12-22-17)23-24-20(25)26-18-10-6-4-8-15-7-3-5-9-16(15)18/h2-3,5,7,9,11-12,14,18H,1,4,6,8,10,13H2/t18-/m1/s1. The Bertz CT molecular complexity index is 890. The lowest BCUT2D eigenvalue weighted by Crippen LogP contribution is -2.04. The second kappa shape index (κ2) is 7.83. The van der Waals surface area contributed by atoms with Gasteiger partial charge in [-0.3, -0.25) is 9.55 Å². The Kier molecular flexibility index (Phi) is 5.11. The number of hydrogen-bond donors (Lipinski definition) is 0. The highest BCUT2D eigenvalue weighted by Crippen LogP contribution is 2.42. The van der Waals surface area contributed by atoms with Crippen molar-refractivity contribution in [1.82, 2.24) is 24.7 Å². The van der Waals surface area contributed by atoms with Gasteiger partial charge in [-0.15, -0.1) is 16.8 Å². The molecular weight excluding hydrogens is 342 g/mol. The molecule has 2 heterocycles. The Hall–Kier alpha value is -2.47. The minimum atomic E-state index is 0.399. The van der Waals surface area contributed by atoms with E-state index in [1.54, 1.807) is 30.4 Å². The normalized spacial score (nSPS) is 16.7. The molecule has 1 aliphatic carbocycles. The summed E-state index contributed by atoms with van der Waals surface area (Å²) in [5.74, 6) is 0.738. The molecule has 2 aromatic heterocycles. The van der Waals surface area contributed by atoms with E-state index in [1.165, 1.54) is 24.0 Å². The number of benzene rings is 1. The van der Waals surface area contributed by atoms with E-state index in [0.717, 1.165) is 29.5 Å². The van der Waals surface area contributed by atoms with Crippen molar-refractivity contribution in [3.8, 4) is 11.5 Å². The highest BCUT2D eigenvalue weighted by Gasteiger charge is 2.23. The number of nitrogens with zero attached hydrogens (tertiary/aromatic N) is 5. The van der Waals surface area contributed by atoms with Gasteiger partial charge in [0.1, 0.15) is 5.69 Å². The van der Waals surface area contributed by atoms with Crippen LogP contribution in [0.25, 0.3) is 11.5 Å². The monoisotopic (exact) mass is 363 g/mol. The third kappa shape index (κ3) is 3.42. The minimum Gasteiger partial charge on any atom is -0.297 e. The van der Waals surface area contributed by atoms with Crippen LogP contribution in [-0.4, -0.2) is 24.7 Å². The van der Waals surface area contributed by atoms with Gasteiger partial charge in [0.2, 0.25) is 0 Å². The number of aromatic nitrogens is 5. The van der Waals surface area contributed by atoms with Gasteiger partial charge in [-0.1, -0.05) is 48.5 Å². The Balaban J connectivity index is 1.69. The summed E-state index contributed by atoms with van der Waals surface area (Å²) in [6.07, 6.45) is 11.7. The van der Waals surface area contributed by atoms with E-state index >= 15 is 0 Å². The number of allylic oxidation sites excluding steroid dienone is 1. The molecule has 0 spiro atoms. The molecule has 3 aromatic rings. The van der Waals surface area contributed by atoms with Crippen LogP contribution >= 0.6 is 11.8 Å². The van der Waals surface area contributed by atoms with Gasteiger partial charge in [-0.25, -0.2) is 4.98 Å². The van der Waals surface area contributed by atoms with E-state index in [9.17, 15) is 0 Å². The average molecular weight is 363 g/mol. The summed E-state index contributed by atoms with van der Waals surface area (Å²) in [5, 5.41) is 10.2. The van der Waals surface area contributed by atoms with Crippen LogP contribution in [0.1, 0.15) is 35.6 Å². The van der Waals surface area contributed by atoms with Crippen LogP contribution in [0, 0.1) is 0 Å². The predicted molar refractivity (Wildman–Crippen MR) is 104 cm³/mol. The Labute approximate surface area is 157 Å². The van der Waals surface area contributed by atoms with E-state index in [0.29, 0.717) is 11.8 Å². The van der Waals surface area contributed by atoms with Gasteiger partial charge in [0.05, 0.1) is 6.20 Å². The van der Waals surface area contributed by atoms with Crippen molar-refractivity contribution in [3.05, 3.63) is 66.6 Å². The molecule has 0 radical (unpaired) electrons. The lowest BCUT2D eigenvalue weighted by Gasteiger charge is -2.17. The number of rotatable bonds is 5. The van der Waals surface area contributed by atoms with Crippen LogP contribution in [0.15, 0.2) is 60.7 Å². The average Bonchev–Trinajstić information content (AvgIpc) is 2.96. The summed E-state index contributed by atoms with van der Waals surface area (Å²) in [4.78, 5) is 8.53. The van der Waals surface area contributed by atoms with Crippen LogP contribution in [0.3, 0.4) is 0 Å². The quantitative estimate of drug-likeness (QED) is 0.494. The van der Waals surface area contributed by atoms with Crippen molar-refractivity contribution in [1.29, 1.82) is 0 Å². The molecule has 5 nitrogen and oxygen atoms in total. The van der Waals surface area contributed by atoms with E-state index in [1.807, 2.05) is 6.08 Å². The molecule has 0 amide bonds. The lowest BCUT2D eigenvalue weighted by atomic mass is 10.0. The molecule has 0 aliphatic heterocycles. The van der Waals surface area contributed by atoms with Gasteiger partial charge in [0.15, 0.2) is 11.0 Å². The van der Waals surface area contributed by atoms with Crippen LogP contribution < -0.4 is 0 Å². The summed E-state index contributed by atoms with van der Waals surface area (Å²) in [5.41, 5.74) is 3.63. The zero-order chi connectivity index (χ0) is 17.8. The van der Waals surface area contributed by atoms with Gasteiger partial charge in [-0.05, 0) is 30.4 Å². The van der Waals surface area contributed by atoms with Gasteiger partial charge >= 0.3 is 0 Å². The first-order valence-corrected chi connectivity index (χ1v) is 9.79. The van der Waals surface area contributed by atoms with Crippen molar-refractivity contribution in [2.45, 2.75) is 42.6 Å². The van der Waals surface area contributed by atoms with Crippen molar-refractivity contribution in [2.24, 2.45) is 0 Å². The molecule has 0 saturated heterocycles. The molecule has 0 saturated carbocycles. The first kappa shape index (κ1) is 17.0. The highest BCUT2D eigenvalue weighted by atomic mass is 32.2. The fourth-order valence-electron chi connectivity index (χ4n) is 3.40. The fourth-order valence-corrected chi connectivity index (χ4v) is 4.67. The maximum atomic E-state index is 4.47. The third-order valence-electron chi connectivity index (χ3n) is 4.63. The molecule has 0 bridgehead atoms. The smallest absolute Gasteiger partial charge is 0.192 e. The zero-order valence-corrected chi connectivity index (χ0v) is 15.4. The Morgan fingerprint density at radius 2 is 2.12 bits per heavy atom. The molecule has 132 valence electrons. The van der Waals surface area contributed by atoms with E-state index in [2.05, 4.69) is 55.6 Å². The first-order valence-electron chi connectivity index (χ1n) is 8.92. The van der Waals surface area contributed by atoms with Gasteiger partial charge in [0.25, 0.3) is 0 Å². The fraction of sp³-hybridized carbons (Fsp3) is 0.300. The summed E-state index contributed by atoms with van der Waals surface area (Å²) < 4.78 is 2.08. The molecule has 26 heavy (non-hydrogen) atoms. The molecule has 1 atom stereocenters. The van der Waals surface area contributed by atoms with E-state index < -0.39 is 0 Å². The van der Waals surface area contributed by atoms with Crippen molar-refractivity contribution < 1.29 is 0 Å². The van der Waals surface area contributed by atoms with Gasteiger partial charge in [-0.2, -0.15) is 0 Å². The SMILES string of the molecule is C=CCn1c(S[C@@H]2CCCCc3ccccc32)nnc1-c1cnccn1. The zero-order valence-electron chi connectivity index (χ0n) is 14.6. The van der Waals surface area contributed by atoms with Gasteiger partial charge < -0.3 is 0 Å². The lowest BCUT2D eigenvalue weighted by molar-refractivity contribution is 0.692. The summed E-state index contributed by atoms with van der Waals surface area (Å²) in [6.45, 7) is 4.54. The summed E-state index contributed by atoms with van der Waals surface area (Å²) >= 11 is 1.80. The first-order chi connectivity index (χ1) is 12.9. The van der Waals surface area contributed by atoms with Crippen LogP contribution in [0.5, 0.6) is 0 Å².